The zero-order valence-electron chi connectivity index (χ0n) is 5.66. The number of halogens is 1. The SMILES string of the molecule is Clc1cccc2ncncc12. The maximum Gasteiger partial charge on any atom is 0.116 e. The van der Waals surface area contributed by atoms with Crippen molar-refractivity contribution in [2.45, 2.75) is 0 Å². The van der Waals surface area contributed by atoms with Crippen molar-refractivity contribution < 1.29 is 0 Å². The van der Waals surface area contributed by atoms with E-state index in [9.17, 15) is 0 Å². The van der Waals surface area contributed by atoms with Crippen LogP contribution in [-0.4, -0.2) is 9.97 Å². The van der Waals surface area contributed by atoms with Crippen LogP contribution in [0.2, 0.25) is 5.02 Å². The molecule has 0 aliphatic carbocycles. The van der Waals surface area contributed by atoms with Crippen LogP contribution in [0.4, 0.5) is 0 Å². The van der Waals surface area contributed by atoms with Gasteiger partial charge in [0.05, 0.1) is 10.5 Å². The van der Waals surface area contributed by atoms with E-state index in [4.69, 9.17) is 11.6 Å². The Hall–Kier alpha value is -1.15. The maximum atomic E-state index is 5.88. The molecule has 0 unspecified atom stereocenters. The standard InChI is InChI=1S/C8H5ClN2/c9-7-2-1-3-8-6(7)4-10-5-11-8/h1-5H. The normalized spacial score (nSPS) is 10.3. The van der Waals surface area contributed by atoms with Gasteiger partial charge in [0.2, 0.25) is 0 Å². The number of aromatic nitrogens is 2. The van der Waals surface area contributed by atoms with Gasteiger partial charge in [0, 0.05) is 11.6 Å². The topological polar surface area (TPSA) is 25.8 Å². The number of benzene rings is 1. The molecule has 0 atom stereocenters. The average molecular weight is 165 g/mol. The zero-order chi connectivity index (χ0) is 7.68. The van der Waals surface area contributed by atoms with E-state index in [1.165, 1.54) is 6.33 Å². The molecule has 0 spiro atoms. The minimum absolute atomic E-state index is 0.697. The maximum absolute atomic E-state index is 5.88. The highest BCUT2D eigenvalue weighted by Crippen LogP contribution is 2.19. The van der Waals surface area contributed by atoms with Gasteiger partial charge in [0.15, 0.2) is 0 Å². The summed E-state index contributed by atoms with van der Waals surface area (Å²) in [6.07, 6.45) is 3.23. The fourth-order valence-corrected chi connectivity index (χ4v) is 1.19. The Kier molecular flexibility index (Phi) is 1.47. The van der Waals surface area contributed by atoms with E-state index in [0.717, 1.165) is 10.9 Å². The molecule has 0 fully saturated rings. The van der Waals surface area contributed by atoms with Crippen molar-refractivity contribution in [1.29, 1.82) is 0 Å². The second kappa shape index (κ2) is 2.47. The predicted molar refractivity (Wildman–Crippen MR) is 44.5 cm³/mol. The second-order valence-corrected chi connectivity index (χ2v) is 2.60. The first-order valence-electron chi connectivity index (χ1n) is 3.22. The predicted octanol–water partition coefficient (Wildman–Crippen LogP) is 2.28. The summed E-state index contributed by atoms with van der Waals surface area (Å²) in [7, 11) is 0. The summed E-state index contributed by atoms with van der Waals surface area (Å²) in [6.45, 7) is 0. The lowest BCUT2D eigenvalue weighted by Gasteiger charge is -1.95. The molecule has 3 heteroatoms. The van der Waals surface area contributed by atoms with Crippen LogP contribution in [0, 0.1) is 0 Å². The summed E-state index contributed by atoms with van der Waals surface area (Å²) in [6, 6.07) is 5.60. The van der Waals surface area contributed by atoms with Gasteiger partial charge in [-0.15, -0.1) is 0 Å². The van der Waals surface area contributed by atoms with Gasteiger partial charge in [-0.2, -0.15) is 0 Å². The smallest absolute Gasteiger partial charge is 0.116 e. The lowest BCUT2D eigenvalue weighted by atomic mass is 10.2. The number of hydrogen-bond donors (Lipinski definition) is 0. The largest absolute Gasteiger partial charge is 0.244 e. The first-order chi connectivity index (χ1) is 5.38. The lowest BCUT2D eigenvalue weighted by Crippen LogP contribution is -1.79. The van der Waals surface area contributed by atoms with E-state index in [1.807, 2.05) is 18.2 Å². The Morgan fingerprint density at radius 3 is 3.00 bits per heavy atom. The number of nitrogens with zero attached hydrogens (tertiary/aromatic N) is 2. The van der Waals surface area contributed by atoms with Crippen molar-refractivity contribution in [3.05, 3.63) is 35.7 Å². The molecule has 11 heavy (non-hydrogen) atoms. The van der Waals surface area contributed by atoms with Crippen molar-refractivity contribution in [2.24, 2.45) is 0 Å². The van der Waals surface area contributed by atoms with E-state index < -0.39 is 0 Å². The van der Waals surface area contributed by atoms with E-state index in [2.05, 4.69) is 9.97 Å². The zero-order valence-corrected chi connectivity index (χ0v) is 6.42. The van der Waals surface area contributed by atoms with Crippen molar-refractivity contribution in [3.8, 4) is 0 Å². The van der Waals surface area contributed by atoms with Crippen LogP contribution in [-0.2, 0) is 0 Å². The molecule has 0 bridgehead atoms. The third-order valence-electron chi connectivity index (χ3n) is 1.50. The van der Waals surface area contributed by atoms with Crippen LogP contribution >= 0.6 is 11.6 Å². The van der Waals surface area contributed by atoms with Gasteiger partial charge < -0.3 is 0 Å². The van der Waals surface area contributed by atoms with Gasteiger partial charge in [-0.1, -0.05) is 17.7 Å². The van der Waals surface area contributed by atoms with Crippen LogP contribution in [0.15, 0.2) is 30.7 Å². The molecule has 2 aromatic rings. The average Bonchev–Trinajstić information content (AvgIpc) is 2.06. The molecule has 0 amide bonds. The molecule has 1 aromatic carbocycles. The monoisotopic (exact) mass is 164 g/mol. The Morgan fingerprint density at radius 2 is 2.18 bits per heavy atom. The van der Waals surface area contributed by atoms with Crippen molar-refractivity contribution >= 4 is 22.5 Å². The first kappa shape index (κ1) is 6.55. The van der Waals surface area contributed by atoms with Crippen LogP contribution in [0.1, 0.15) is 0 Å². The van der Waals surface area contributed by atoms with E-state index in [1.54, 1.807) is 6.20 Å². The van der Waals surface area contributed by atoms with Gasteiger partial charge in [-0.05, 0) is 12.1 Å². The molecule has 0 saturated carbocycles. The quantitative estimate of drug-likeness (QED) is 0.597. The molecule has 54 valence electrons. The molecule has 0 aliphatic heterocycles. The lowest BCUT2D eigenvalue weighted by molar-refractivity contribution is 1.22. The Labute approximate surface area is 68.9 Å². The van der Waals surface area contributed by atoms with E-state index >= 15 is 0 Å². The van der Waals surface area contributed by atoms with Crippen LogP contribution in [0.5, 0.6) is 0 Å². The molecule has 1 heterocycles. The van der Waals surface area contributed by atoms with Crippen molar-refractivity contribution in [1.82, 2.24) is 9.97 Å². The van der Waals surface area contributed by atoms with E-state index in [-0.39, 0.29) is 0 Å². The van der Waals surface area contributed by atoms with Gasteiger partial charge in [-0.25, -0.2) is 9.97 Å². The Bertz CT molecular complexity index is 381. The third-order valence-corrected chi connectivity index (χ3v) is 1.83. The summed E-state index contributed by atoms with van der Waals surface area (Å²) < 4.78 is 0. The molecular formula is C8H5ClN2. The number of rotatable bonds is 0. The minimum atomic E-state index is 0.697. The molecule has 1 aromatic heterocycles. The highest BCUT2D eigenvalue weighted by molar-refractivity contribution is 6.35. The molecule has 0 aliphatic rings. The van der Waals surface area contributed by atoms with Gasteiger partial charge in [0.25, 0.3) is 0 Å². The Balaban J connectivity index is 2.91. The number of fused-ring (bicyclic) bond motifs is 1. The van der Waals surface area contributed by atoms with Gasteiger partial charge >= 0.3 is 0 Å². The van der Waals surface area contributed by atoms with Crippen LogP contribution in [0.25, 0.3) is 10.9 Å². The molecule has 0 saturated heterocycles. The third kappa shape index (κ3) is 1.05. The minimum Gasteiger partial charge on any atom is -0.244 e. The van der Waals surface area contributed by atoms with Gasteiger partial charge in [-0.3, -0.25) is 0 Å². The summed E-state index contributed by atoms with van der Waals surface area (Å²) in [4.78, 5) is 7.92. The van der Waals surface area contributed by atoms with Crippen molar-refractivity contribution in [3.63, 3.8) is 0 Å². The number of hydrogen-bond acceptors (Lipinski definition) is 2. The molecule has 2 nitrogen and oxygen atoms in total. The highest BCUT2D eigenvalue weighted by Gasteiger charge is 1.96. The van der Waals surface area contributed by atoms with Crippen molar-refractivity contribution in [2.75, 3.05) is 0 Å². The van der Waals surface area contributed by atoms with Crippen LogP contribution < -0.4 is 0 Å². The summed E-state index contributed by atoms with van der Waals surface area (Å²) >= 11 is 5.88. The second-order valence-electron chi connectivity index (χ2n) is 2.20. The Morgan fingerprint density at radius 1 is 1.27 bits per heavy atom. The summed E-state index contributed by atoms with van der Waals surface area (Å²) in [5.41, 5.74) is 0.882. The fraction of sp³-hybridized carbons (Fsp3) is 0. The highest BCUT2D eigenvalue weighted by atomic mass is 35.5. The van der Waals surface area contributed by atoms with E-state index in [0.29, 0.717) is 5.02 Å². The summed E-state index contributed by atoms with van der Waals surface area (Å²) in [5, 5.41) is 1.60. The first-order valence-corrected chi connectivity index (χ1v) is 3.60. The molecule has 0 radical (unpaired) electrons. The molecule has 2 rings (SSSR count). The molecule has 0 N–H and O–H groups in total. The van der Waals surface area contributed by atoms with Gasteiger partial charge in [0.1, 0.15) is 6.33 Å². The summed E-state index contributed by atoms with van der Waals surface area (Å²) in [5.74, 6) is 0. The van der Waals surface area contributed by atoms with Crippen LogP contribution in [0.3, 0.4) is 0 Å². The fourth-order valence-electron chi connectivity index (χ4n) is 0.969. The molecular weight excluding hydrogens is 160 g/mol.